The zero-order valence-corrected chi connectivity index (χ0v) is 10.2. The summed E-state index contributed by atoms with van der Waals surface area (Å²) in [6.45, 7) is 0. The van der Waals surface area contributed by atoms with Crippen LogP contribution >= 0.6 is 0 Å². The molecule has 96 valence electrons. The average Bonchev–Trinajstić information content (AvgIpc) is 2.85. The molecular weight excluding hydrogens is 231 g/mol. The third kappa shape index (κ3) is 3.19. The molecule has 0 amide bonds. The molecule has 0 aromatic heterocycles. The van der Waals surface area contributed by atoms with Crippen molar-refractivity contribution in [1.82, 2.24) is 0 Å². The van der Waals surface area contributed by atoms with Crippen LogP contribution in [0.3, 0.4) is 0 Å². The Bertz CT molecular complexity index is 430. The molecule has 1 aliphatic carbocycles. The molecule has 3 heteroatoms. The number of halogens is 1. The molecule has 1 aromatic carbocycles. The Kier molecular flexibility index (Phi) is 4.13. The van der Waals surface area contributed by atoms with Gasteiger partial charge in [0.2, 0.25) is 0 Å². The Balaban J connectivity index is 2.08. The fraction of sp³-hybridized carbons (Fsp3) is 0.400. The van der Waals surface area contributed by atoms with Crippen molar-refractivity contribution in [3.63, 3.8) is 0 Å². The van der Waals surface area contributed by atoms with Crippen molar-refractivity contribution >= 4 is 12.0 Å². The van der Waals surface area contributed by atoms with E-state index in [0.29, 0.717) is 0 Å². The smallest absolute Gasteiger partial charge is 0.310 e. The van der Waals surface area contributed by atoms with Gasteiger partial charge < -0.3 is 5.11 Å². The summed E-state index contributed by atoms with van der Waals surface area (Å²) in [5, 5.41) is 9.24. The maximum Gasteiger partial charge on any atom is 0.310 e. The summed E-state index contributed by atoms with van der Waals surface area (Å²) in [6, 6.07) is 6.06. The van der Waals surface area contributed by atoms with Crippen LogP contribution in [0.1, 0.15) is 31.2 Å². The van der Waals surface area contributed by atoms with Crippen LogP contribution in [0.4, 0.5) is 4.39 Å². The molecule has 1 saturated carbocycles. The Morgan fingerprint density at radius 3 is 2.44 bits per heavy atom. The maximum absolute atomic E-state index is 12.7. The van der Waals surface area contributed by atoms with E-state index in [9.17, 15) is 14.3 Å². The first-order chi connectivity index (χ1) is 8.66. The lowest BCUT2D eigenvalue weighted by Gasteiger charge is -2.14. The maximum atomic E-state index is 12.7. The molecule has 0 radical (unpaired) electrons. The monoisotopic (exact) mass is 248 g/mol. The summed E-state index contributed by atoms with van der Waals surface area (Å²) in [4.78, 5) is 11.3. The lowest BCUT2D eigenvalue weighted by molar-refractivity contribution is -0.141. The van der Waals surface area contributed by atoms with Gasteiger partial charge in [-0.1, -0.05) is 37.1 Å². The van der Waals surface area contributed by atoms with Gasteiger partial charge in [0, 0.05) is 0 Å². The highest BCUT2D eigenvalue weighted by molar-refractivity contribution is 5.74. The lowest BCUT2D eigenvalue weighted by atomic mass is 9.90. The molecule has 0 spiro atoms. The van der Waals surface area contributed by atoms with Crippen molar-refractivity contribution in [1.29, 1.82) is 0 Å². The van der Waals surface area contributed by atoms with Crippen molar-refractivity contribution < 1.29 is 14.3 Å². The molecule has 2 rings (SSSR count). The predicted molar refractivity (Wildman–Crippen MR) is 68.5 cm³/mol. The highest BCUT2D eigenvalue weighted by Crippen LogP contribution is 2.32. The molecule has 2 nitrogen and oxygen atoms in total. The fourth-order valence-electron chi connectivity index (χ4n) is 2.55. The third-order valence-electron chi connectivity index (χ3n) is 3.56. The molecule has 1 fully saturated rings. The van der Waals surface area contributed by atoms with E-state index in [-0.39, 0.29) is 11.7 Å². The molecule has 0 aliphatic heterocycles. The lowest BCUT2D eigenvalue weighted by Crippen LogP contribution is -2.19. The molecule has 0 heterocycles. The van der Waals surface area contributed by atoms with Gasteiger partial charge in [-0.3, -0.25) is 4.79 Å². The molecule has 1 aromatic rings. The first-order valence-corrected chi connectivity index (χ1v) is 6.33. The van der Waals surface area contributed by atoms with Gasteiger partial charge >= 0.3 is 5.97 Å². The normalized spacial score (nSPS) is 18.3. The zero-order chi connectivity index (χ0) is 13.0. The van der Waals surface area contributed by atoms with Crippen molar-refractivity contribution in [3.8, 4) is 0 Å². The largest absolute Gasteiger partial charge is 0.481 e. The van der Waals surface area contributed by atoms with Gasteiger partial charge in [-0.15, -0.1) is 0 Å². The second-order valence-corrected chi connectivity index (χ2v) is 4.82. The van der Waals surface area contributed by atoms with Crippen LogP contribution in [-0.2, 0) is 4.79 Å². The summed E-state index contributed by atoms with van der Waals surface area (Å²) < 4.78 is 12.7. The first kappa shape index (κ1) is 12.8. The van der Waals surface area contributed by atoms with E-state index in [4.69, 9.17) is 0 Å². The van der Waals surface area contributed by atoms with Crippen LogP contribution in [0.5, 0.6) is 0 Å². The fourth-order valence-corrected chi connectivity index (χ4v) is 2.55. The van der Waals surface area contributed by atoms with E-state index in [1.54, 1.807) is 24.3 Å². The van der Waals surface area contributed by atoms with Gasteiger partial charge in [-0.25, -0.2) is 4.39 Å². The number of hydrogen-bond donors (Lipinski definition) is 1. The summed E-state index contributed by atoms with van der Waals surface area (Å²) >= 11 is 0. The van der Waals surface area contributed by atoms with E-state index in [2.05, 4.69) is 0 Å². The Labute approximate surface area is 106 Å². The highest BCUT2D eigenvalue weighted by Gasteiger charge is 2.28. The van der Waals surface area contributed by atoms with E-state index in [1.807, 2.05) is 0 Å². The molecule has 0 saturated heterocycles. The van der Waals surface area contributed by atoms with Crippen molar-refractivity contribution in [2.75, 3.05) is 0 Å². The van der Waals surface area contributed by atoms with Crippen LogP contribution in [0, 0.1) is 17.7 Å². The van der Waals surface area contributed by atoms with Crippen molar-refractivity contribution in [3.05, 3.63) is 41.7 Å². The van der Waals surface area contributed by atoms with Crippen molar-refractivity contribution in [2.24, 2.45) is 11.8 Å². The van der Waals surface area contributed by atoms with Gasteiger partial charge in [-0.2, -0.15) is 0 Å². The highest BCUT2D eigenvalue weighted by atomic mass is 19.1. The molecule has 0 bridgehead atoms. The molecule has 18 heavy (non-hydrogen) atoms. The predicted octanol–water partition coefficient (Wildman–Crippen LogP) is 3.73. The molecular formula is C15H17FO2. The van der Waals surface area contributed by atoms with Gasteiger partial charge in [0.15, 0.2) is 0 Å². The Morgan fingerprint density at radius 2 is 1.89 bits per heavy atom. The topological polar surface area (TPSA) is 37.3 Å². The molecule has 1 atom stereocenters. The quantitative estimate of drug-likeness (QED) is 0.881. The van der Waals surface area contributed by atoms with E-state index in [0.717, 1.165) is 31.2 Å². The average molecular weight is 248 g/mol. The minimum absolute atomic E-state index is 0.249. The van der Waals surface area contributed by atoms with E-state index < -0.39 is 11.9 Å². The second kappa shape index (κ2) is 5.80. The molecule has 1 unspecified atom stereocenters. The second-order valence-electron chi connectivity index (χ2n) is 4.82. The van der Waals surface area contributed by atoms with Gasteiger partial charge in [0.25, 0.3) is 0 Å². The molecule has 1 N–H and O–H groups in total. The number of carbonyl (C=O) groups is 1. The Hall–Kier alpha value is -1.64. The number of benzene rings is 1. The molecule has 1 aliphatic rings. The van der Waals surface area contributed by atoms with Gasteiger partial charge in [0.05, 0.1) is 5.92 Å². The minimum atomic E-state index is -0.764. The van der Waals surface area contributed by atoms with Gasteiger partial charge in [-0.05, 0) is 36.5 Å². The first-order valence-electron chi connectivity index (χ1n) is 6.33. The number of carboxylic acid groups (broad SMARTS) is 1. The third-order valence-corrected chi connectivity index (χ3v) is 3.56. The van der Waals surface area contributed by atoms with Gasteiger partial charge in [0.1, 0.15) is 5.82 Å². The van der Waals surface area contributed by atoms with E-state index in [1.165, 1.54) is 12.1 Å². The SMILES string of the molecule is O=C(O)C(C=Cc1ccc(F)cc1)C1CCCC1. The van der Waals surface area contributed by atoms with Crippen LogP contribution in [0.2, 0.25) is 0 Å². The minimum Gasteiger partial charge on any atom is -0.481 e. The number of carboxylic acids is 1. The van der Waals surface area contributed by atoms with E-state index >= 15 is 0 Å². The van der Waals surface area contributed by atoms with Crippen LogP contribution < -0.4 is 0 Å². The standard InChI is InChI=1S/C15H17FO2/c16-13-8-5-11(6-9-13)7-10-14(15(17)18)12-3-1-2-4-12/h5-10,12,14H,1-4H2,(H,17,18). The van der Waals surface area contributed by atoms with Crippen LogP contribution in [0.25, 0.3) is 6.08 Å². The van der Waals surface area contributed by atoms with Crippen molar-refractivity contribution in [2.45, 2.75) is 25.7 Å². The summed E-state index contributed by atoms with van der Waals surface area (Å²) in [6.07, 6.45) is 7.75. The zero-order valence-electron chi connectivity index (χ0n) is 10.2. The summed E-state index contributed by atoms with van der Waals surface area (Å²) in [5.74, 6) is -1.21. The summed E-state index contributed by atoms with van der Waals surface area (Å²) in [5.41, 5.74) is 0.834. The number of aliphatic carboxylic acids is 1. The summed E-state index contributed by atoms with van der Waals surface area (Å²) in [7, 11) is 0. The Morgan fingerprint density at radius 1 is 1.28 bits per heavy atom. The van der Waals surface area contributed by atoms with Crippen LogP contribution in [0.15, 0.2) is 30.3 Å². The number of hydrogen-bond acceptors (Lipinski definition) is 1. The van der Waals surface area contributed by atoms with Crippen LogP contribution in [-0.4, -0.2) is 11.1 Å². The number of rotatable bonds is 4.